The van der Waals surface area contributed by atoms with E-state index >= 15 is 0 Å². The molecule has 0 unspecified atom stereocenters. The van der Waals surface area contributed by atoms with Gasteiger partial charge in [0.15, 0.2) is 0 Å². The van der Waals surface area contributed by atoms with Gasteiger partial charge in [-0.25, -0.2) is 4.39 Å². The Morgan fingerprint density at radius 3 is 1.79 bits per heavy atom. The molecule has 8 heteroatoms. The number of hydrogen-bond acceptors (Lipinski definition) is 1. The predicted octanol–water partition coefficient (Wildman–Crippen LogP) is 3.75. The minimum atomic E-state index is -0.205. The second kappa shape index (κ2) is 13.2. The molecule has 0 saturated carbocycles. The van der Waals surface area contributed by atoms with Crippen molar-refractivity contribution in [2.75, 3.05) is 0 Å². The summed E-state index contributed by atoms with van der Waals surface area (Å²) in [5.41, 5.74) is 0. The number of thiol groups is 1. The summed E-state index contributed by atoms with van der Waals surface area (Å²) in [6, 6.07) is 4.81. The zero-order valence-electron chi connectivity index (χ0n) is 6.48. The summed E-state index contributed by atoms with van der Waals surface area (Å²) in [6.45, 7) is 0. The topological polar surface area (TPSA) is 0 Å². The second-order valence-electron chi connectivity index (χ2n) is 1.57. The summed E-state index contributed by atoms with van der Waals surface area (Å²) in [7, 11) is 0. The molecule has 88 valence electrons. The SMILES string of the molecule is Cl.F.F.F.F.Fc1cccc(S)c1I. The van der Waals surface area contributed by atoms with Crippen LogP contribution in [0, 0.1) is 9.39 Å². The van der Waals surface area contributed by atoms with Crippen LogP contribution in [0.15, 0.2) is 23.1 Å². The molecule has 0 aliphatic rings. The maximum Gasteiger partial charge on any atom is 0.137 e. The van der Waals surface area contributed by atoms with Crippen LogP contribution in [-0.4, -0.2) is 0 Å². The Morgan fingerprint density at radius 2 is 1.50 bits per heavy atom. The van der Waals surface area contributed by atoms with Crippen molar-refractivity contribution >= 4 is 47.6 Å². The van der Waals surface area contributed by atoms with Crippen LogP contribution < -0.4 is 0 Å². The molecule has 0 spiro atoms. The molecule has 0 fully saturated rings. The van der Waals surface area contributed by atoms with E-state index in [4.69, 9.17) is 0 Å². The van der Waals surface area contributed by atoms with Crippen molar-refractivity contribution < 1.29 is 23.2 Å². The van der Waals surface area contributed by atoms with Crippen LogP contribution in [0.4, 0.5) is 23.2 Å². The second-order valence-corrected chi connectivity index (χ2v) is 3.13. The van der Waals surface area contributed by atoms with E-state index in [1.165, 1.54) is 6.07 Å². The zero-order chi connectivity index (χ0) is 6.85. The molecule has 0 aromatic heterocycles. The minimum absolute atomic E-state index is 0. The fourth-order valence-corrected chi connectivity index (χ4v) is 1.04. The molecule has 14 heavy (non-hydrogen) atoms. The van der Waals surface area contributed by atoms with Gasteiger partial charge in [0.1, 0.15) is 5.82 Å². The molecule has 1 aromatic carbocycles. The van der Waals surface area contributed by atoms with Gasteiger partial charge in [-0.1, -0.05) is 6.07 Å². The summed E-state index contributed by atoms with van der Waals surface area (Å²) in [5, 5.41) is 0. The molecule has 0 aliphatic heterocycles. The molecule has 0 atom stereocenters. The van der Waals surface area contributed by atoms with E-state index < -0.39 is 0 Å². The first-order valence-corrected chi connectivity index (χ1v) is 3.87. The molecule has 0 aliphatic carbocycles. The number of hydrogen-bond donors (Lipinski definition) is 1. The van der Waals surface area contributed by atoms with Crippen LogP contribution in [0.1, 0.15) is 0 Å². The lowest BCUT2D eigenvalue weighted by Gasteiger charge is -1.94. The largest absolute Gasteiger partial charge is 0.269 e. The van der Waals surface area contributed by atoms with Crippen LogP contribution >= 0.6 is 47.6 Å². The van der Waals surface area contributed by atoms with Crippen LogP contribution in [0.2, 0.25) is 0 Å². The van der Waals surface area contributed by atoms with Gasteiger partial charge < -0.3 is 0 Å². The quantitative estimate of drug-likeness (QED) is 0.401. The van der Waals surface area contributed by atoms with E-state index in [9.17, 15) is 4.39 Å². The standard InChI is InChI=1S/C6H4FIS.ClH.4FH/c7-4-2-1-3-5(9)6(4)8;;;;;/h1-3,9H;5*1H. The Morgan fingerprint density at radius 1 is 1.07 bits per heavy atom. The monoisotopic (exact) mass is 370 g/mol. The van der Waals surface area contributed by atoms with Crippen LogP contribution in [0.5, 0.6) is 0 Å². The highest BCUT2D eigenvalue weighted by molar-refractivity contribution is 14.1. The van der Waals surface area contributed by atoms with Crippen molar-refractivity contribution in [3.05, 3.63) is 27.6 Å². The lowest BCUT2D eigenvalue weighted by atomic mass is 10.3. The Balaban J connectivity index is -0.0000000540. The third-order valence-corrected chi connectivity index (χ3v) is 2.83. The molecule has 0 amide bonds. The molecule has 1 rings (SSSR count). The number of benzene rings is 1. The first-order valence-electron chi connectivity index (χ1n) is 2.35. The summed E-state index contributed by atoms with van der Waals surface area (Å²) in [5.74, 6) is -0.205. The predicted molar refractivity (Wildman–Crippen MR) is 63.6 cm³/mol. The van der Waals surface area contributed by atoms with Gasteiger partial charge in [-0.2, -0.15) is 0 Å². The van der Waals surface area contributed by atoms with Crippen LogP contribution in [-0.2, 0) is 0 Å². The van der Waals surface area contributed by atoms with Crippen molar-refractivity contribution in [1.82, 2.24) is 0 Å². The summed E-state index contributed by atoms with van der Waals surface area (Å²) < 4.78 is 13.1. The van der Waals surface area contributed by atoms with E-state index in [0.29, 0.717) is 8.47 Å². The third-order valence-electron chi connectivity index (χ3n) is 0.931. The van der Waals surface area contributed by atoms with E-state index in [0.717, 1.165) is 0 Å². The van der Waals surface area contributed by atoms with Gasteiger partial charge in [0.2, 0.25) is 0 Å². The van der Waals surface area contributed by atoms with Crippen molar-refractivity contribution in [3.63, 3.8) is 0 Å². The normalized spacial score (nSPS) is 6.21. The van der Waals surface area contributed by atoms with Crippen molar-refractivity contribution in [3.8, 4) is 0 Å². The van der Waals surface area contributed by atoms with Gasteiger partial charge in [0, 0.05) is 4.90 Å². The lowest BCUT2D eigenvalue weighted by Crippen LogP contribution is -1.80. The molecule has 0 saturated heterocycles. The average Bonchev–Trinajstić information content (AvgIpc) is 1.83. The molecule has 0 N–H and O–H groups in total. The summed E-state index contributed by atoms with van der Waals surface area (Å²) in [6.07, 6.45) is 0. The highest BCUT2D eigenvalue weighted by Gasteiger charge is 1.98. The van der Waals surface area contributed by atoms with Crippen LogP contribution in [0.3, 0.4) is 0 Å². The fraction of sp³-hybridized carbons (Fsp3) is 0. The van der Waals surface area contributed by atoms with Crippen molar-refractivity contribution in [2.45, 2.75) is 4.90 Å². The van der Waals surface area contributed by atoms with Gasteiger partial charge in [0.05, 0.1) is 3.57 Å². The van der Waals surface area contributed by atoms with Crippen molar-refractivity contribution in [1.29, 1.82) is 0 Å². The van der Waals surface area contributed by atoms with Gasteiger partial charge in [-0.3, -0.25) is 18.8 Å². The third kappa shape index (κ3) is 7.63. The molecule has 0 nitrogen and oxygen atoms in total. The minimum Gasteiger partial charge on any atom is -0.269 e. The molecule has 0 bridgehead atoms. The van der Waals surface area contributed by atoms with E-state index in [1.807, 2.05) is 22.6 Å². The Labute approximate surface area is 103 Å². The Hall–Kier alpha value is 0.240. The molecule has 1 aromatic rings. The smallest absolute Gasteiger partial charge is 0.137 e. The summed E-state index contributed by atoms with van der Waals surface area (Å²) >= 11 is 5.94. The van der Waals surface area contributed by atoms with Gasteiger partial charge in [-0.15, -0.1) is 25.0 Å². The first kappa shape index (κ1) is 29.2. The van der Waals surface area contributed by atoms with Crippen LogP contribution in [0.25, 0.3) is 0 Å². The highest BCUT2D eigenvalue weighted by atomic mass is 127. The molecule has 0 radical (unpaired) electrons. The average molecular weight is 371 g/mol. The number of halogens is 7. The van der Waals surface area contributed by atoms with E-state index in [1.54, 1.807) is 12.1 Å². The van der Waals surface area contributed by atoms with E-state index in [-0.39, 0.29) is 37.0 Å². The fourth-order valence-electron chi connectivity index (χ4n) is 0.492. The maximum absolute atomic E-state index is 12.5. The molecule has 0 heterocycles. The molecular weight excluding hydrogens is 361 g/mol. The molecular formula is C6H9ClF5IS. The van der Waals surface area contributed by atoms with Gasteiger partial charge >= 0.3 is 0 Å². The zero-order valence-corrected chi connectivity index (χ0v) is 10.3. The van der Waals surface area contributed by atoms with Gasteiger partial charge in [-0.05, 0) is 34.7 Å². The Bertz CT molecular complexity index is 217. The van der Waals surface area contributed by atoms with E-state index in [2.05, 4.69) is 12.6 Å². The lowest BCUT2D eigenvalue weighted by molar-refractivity contribution is 0.616. The first-order chi connectivity index (χ1) is 4.22. The Kier molecular flexibility index (Phi) is 27.7. The number of rotatable bonds is 0. The summed E-state index contributed by atoms with van der Waals surface area (Å²) in [4.78, 5) is 0.690. The highest BCUT2D eigenvalue weighted by Crippen LogP contribution is 2.18. The maximum atomic E-state index is 12.5. The van der Waals surface area contributed by atoms with Gasteiger partial charge in [0.25, 0.3) is 0 Å². The van der Waals surface area contributed by atoms with Crippen molar-refractivity contribution in [2.24, 2.45) is 0 Å².